The zero-order chi connectivity index (χ0) is 7.28. The molecular weight excluding hydrogens is 124 g/mol. The third-order valence-corrected chi connectivity index (χ3v) is 0.841. The van der Waals surface area contributed by atoms with Crippen LogP contribution in [0.5, 0.6) is 0 Å². The van der Waals surface area contributed by atoms with Crippen LogP contribution >= 0.6 is 0 Å². The van der Waals surface area contributed by atoms with E-state index in [2.05, 4.69) is 9.47 Å². The van der Waals surface area contributed by atoms with Crippen molar-refractivity contribution >= 4 is 5.97 Å². The van der Waals surface area contributed by atoms with E-state index in [0.29, 0.717) is 0 Å². The molecule has 0 aromatic carbocycles. The average molecular weight is 134 g/mol. The summed E-state index contributed by atoms with van der Waals surface area (Å²) in [6.07, 6.45) is -1.16. The first-order valence-corrected chi connectivity index (χ1v) is 2.48. The molecule has 0 aliphatic rings. The molecule has 9 heavy (non-hydrogen) atoms. The molecule has 1 N–H and O–H groups in total. The van der Waals surface area contributed by atoms with Crippen LogP contribution in [0, 0.1) is 0 Å². The van der Waals surface area contributed by atoms with Crippen molar-refractivity contribution in [2.75, 3.05) is 14.2 Å². The van der Waals surface area contributed by atoms with Gasteiger partial charge in [0, 0.05) is 7.11 Å². The normalized spacial score (nSPS) is 12.8. The fraction of sp³-hybridized carbons (Fsp3) is 0.800. The Morgan fingerprint density at radius 2 is 2.22 bits per heavy atom. The summed E-state index contributed by atoms with van der Waals surface area (Å²) in [5.74, 6) is -0.482. The maximum Gasteiger partial charge on any atom is 0.310 e. The highest BCUT2D eigenvalue weighted by Crippen LogP contribution is 1.92. The van der Waals surface area contributed by atoms with Gasteiger partial charge in [-0.25, -0.2) is 0 Å². The Morgan fingerprint density at radius 3 is 2.56 bits per heavy atom. The van der Waals surface area contributed by atoms with Crippen molar-refractivity contribution in [2.24, 2.45) is 0 Å². The van der Waals surface area contributed by atoms with Gasteiger partial charge in [-0.3, -0.25) is 4.79 Å². The standard InChI is InChI=1S/C5H10O4/c1-8-4(6)3-5(7)9-2/h4,6H,3H2,1-2H3/t4-/m0/s1. The van der Waals surface area contributed by atoms with Gasteiger partial charge in [0.15, 0.2) is 6.29 Å². The molecule has 1 atom stereocenters. The van der Waals surface area contributed by atoms with Crippen LogP contribution in [-0.2, 0) is 14.3 Å². The molecule has 0 aromatic rings. The lowest BCUT2D eigenvalue weighted by atomic mass is 10.4. The number of aliphatic hydroxyl groups excluding tert-OH is 1. The van der Waals surface area contributed by atoms with Crippen LogP contribution in [-0.4, -0.2) is 31.6 Å². The molecule has 0 aromatic heterocycles. The number of carbonyl (C=O) groups is 1. The molecule has 0 rings (SSSR count). The van der Waals surface area contributed by atoms with Crippen molar-refractivity contribution < 1.29 is 19.4 Å². The van der Waals surface area contributed by atoms with Crippen molar-refractivity contribution in [3.05, 3.63) is 0 Å². The van der Waals surface area contributed by atoms with Crippen molar-refractivity contribution in [3.8, 4) is 0 Å². The number of hydrogen-bond donors (Lipinski definition) is 1. The summed E-state index contributed by atoms with van der Waals surface area (Å²) < 4.78 is 8.62. The van der Waals surface area contributed by atoms with Gasteiger partial charge < -0.3 is 14.6 Å². The fourth-order valence-electron chi connectivity index (χ4n) is 0.309. The van der Waals surface area contributed by atoms with Crippen molar-refractivity contribution in [3.63, 3.8) is 0 Å². The Bertz CT molecular complexity index is 91.0. The van der Waals surface area contributed by atoms with E-state index in [9.17, 15) is 4.79 Å². The molecular formula is C5H10O4. The summed E-state index contributed by atoms with van der Waals surface area (Å²) in [6, 6.07) is 0. The minimum Gasteiger partial charge on any atom is -0.469 e. The van der Waals surface area contributed by atoms with Gasteiger partial charge in [0.2, 0.25) is 0 Å². The molecule has 0 saturated carbocycles. The molecule has 0 heterocycles. The zero-order valence-corrected chi connectivity index (χ0v) is 5.46. The smallest absolute Gasteiger partial charge is 0.310 e. The zero-order valence-electron chi connectivity index (χ0n) is 5.46. The number of rotatable bonds is 3. The van der Waals surface area contributed by atoms with E-state index < -0.39 is 12.3 Å². The molecule has 0 unspecified atom stereocenters. The topological polar surface area (TPSA) is 55.8 Å². The molecule has 0 spiro atoms. The number of ether oxygens (including phenoxy) is 2. The van der Waals surface area contributed by atoms with Gasteiger partial charge in [-0.2, -0.15) is 0 Å². The number of methoxy groups -OCH3 is 2. The first kappa shape index (κ1) is 8.39. The molecule has 0 bridgehead atoms. The van der Waals surface area contributed by atoms with E-state index in [4.69, 9.17) is 5.11 Å². The number of aliphatic hydroxyl groups is 1. The van der Waals surface area contributed by atoms with Gasteiger partial charge in [-0.15, -0.1) is 0 Å². The first-order valence-electron chi connectivity index (χ1n) is 2.48. The second kappa shape index (κ2) is 4.29. The van der Waals surface area contributed by atoms with Crippen LogP contribution in [0.1, 0.15) is 6.42 Å². The second-order valence-electron chi connectivity index (χ2n) is 1.47. The molecule has 54 valence electrons. The predicted octanol–water partition coefficient (Wildman–Crippen LogP) is -0.486. The molecule has 0 aliphatic carbocycles. The average Bonchev–Trinajstić information content (AvgIpc) is 1.87. The highest BCUT2D eigenvalue weighted by molar-refractivity contribution is 5.69. The van der Waals surface area contributed by atoms with E-state index in [-0.39, 0.29) is 6.42 Å². The summed E-state index contributed by atoms with van der Waals surface area (Å²) in [5.41, 5.74) is 0. The quantitative estimate of drug-likeness (QED) is 0.418. The fourth-order valence-corrected chi connectivity index (χ4v) is 0.309. The molecule has 0 radical (unpaired) electrons. The molecule has 4 nitrogen and oxygen atoms in total. The highest BCUT2D eigenvalue weighted by Gasteiger charge is 2.07. The molecule has 4 heteroatoms. The third-order valence-electron chi connectivity index (χ3n) is 0.841. The Kier molecular flexibility index (Phi) is 4.00. The van der Waals surface area contributed by atoms with Gasteiger partial charge in [0.25, 0.3) is 0 Å². The Hall–Kier alpha value is -0.610. The summed E-state index contributed by atoms with van der Waals surface area (Å²) in [4.78, 5) is 10.3. The summed E-state index contributed by atoms with van der Waals surface area (Å²) in [6.45, 7) is 0. The second-order valence-corrected chi connectivity index (χ2v) is 1.47. The van der Waals surface area contributed by atoms with Gasteiger partial charge >= 0.3 is 5.97 Å². The number of carbonyl (C=O) groups excluding carboxylic acids is 1. The first-order chi connectivity index (χ1) is 4.20. The van der Waals surface area contributed by atoms with E-state index >= 15 is 0 Å². The van der Waals surface area contributed by atoms with Crippen LogP contribution in [0.2, 0.25) is 0 Å². The Morgan fingerprint density at radius 1 is 1.67 bits per heavy atom. The maximum atomic E-state index is 10.3. The van der Waals surface area contributed by atoms with Crippen LogP contribution in [0.4, 0.5) is 0 Å². The van der Waals surface area contributed by atoms with Gasteiger partial charge in [0.05, 0.1) is 13.5 Å². The van der Waals surface area contributed by atoms with E-state index in [1.54, 1.807) is 0 Å². The summed E-state index contributed by atoms with van der Waals surface area (Å²) in [7, 11) is 2.57. The van der Waals surface area contributed by atoms with Crippen LogP contribution in [0.3, 0.4) is 0 Å². The van der Waals surface area contributed by atoms with Crippen LogP contribution < -0.4 is 0 Å². The number of hydrogen-bond acceptors (Lipinski definition) is 4. The lowest BCUT2D eigenvalue weighted by molar-refractivity contribution is -0.152. The molecule has 0 fully saturated rings. The summed E-state index contributed by atoms with van der Waals surface area (Å²) in [5, 5.41) is 8.64. The van der Waals surface area contributed by atoms with Gasteiger partial charge in [-0.05, 0) is 0 Å². The van der Waals surface area contributed by atoms with Crippen LogP contribution in [0.25, 0.3) is 0 Å². The number of esters is 1. The maximum absolute atomic E-state index is 10.3. The van der Waals surface area contributed by atoms with Gasteiger partial charge in [-0.1, -0.05) is 0 Å². The lowest BCUT2D eigenvalue weighted by Crippen LogP contribution is -2.15. The molecule has 0 aliphatic heterocycles. The Balaban J connectivity index is 3.34. The SMILES string of the molecule is COC(=O)C[C@@H](O)OC. The van der Waals surface area contributed by atoms with Crippen LogP contribution in [0.15, 0.2) is 0 Å². The molecule has 0 saturated heterocycles. The minimum atomic E-state index is -1.04. The summed E-state index contributed by atoms with van der Waals surface area (Å²) >= 11 is 0. The van der Waals surface area contributed by atoms with Crippen molar-refractivity contribution in [1.82, 2.24) is 0 Å². The minimum absolute atomic E-state index is 0.118. The monoisotopic (exact) mass is 134 g/mol. The van der Waals surface area contributed by atoms with Crippen molar-refractivity contribution in [1.29, 1.82) is 0 Å². The Labute approximate surface area is 53.4 Å². The van der Waals surface area contributed by atoms with E-state index in [1.165, 1.54) is 14.2 Å². The lowest BCUT2D eigenvalue weighted by Gasteiger charge is -2.04. The largest absolute Gasteiger partial charge is 0.469 e. The third kappa shape index (κ3) is 3.93. The van der Waals surface area contributed by atoms with E-state index in [1.807, 2.05) is 0 Å². The van der Waals surface area contributed by atoms with Gasteiger partial charge in [0.1, 0.15) is 0 Å². The highest BCUT2D eigenvalue weighted by atomic mass is 16.6. The van der Waals surface area contributed by atoms with Crippen molar-refractivity contribution in [2.45, 2.75) is 12.7 Å². The molecule has 0 amide bonds. The predicted molar refractivity (Wildman–Crippen MR) is 29.6 cm³/mol. The van der Waals surface area contributed by atoms with E-state index in [0.717, 1.165) is 0 Å².